The summed E-state index contributed by atoms with van der Waals surface area (Å²) in [5.74, 6) is 1.14. The van der Waals surface area contributed by atoms with Crippen molar-refractivity contribution in [3.63, 3.8) is 0 Å². The van der Waals surface area contributed by atoms with Crippen molar-refractivity contribution < 1.29 is 9.53 Å². The maximum Gasteiger partial charge on any atom is 0.254 e. The van der Waals surface area contributed by atoms with Crippen molar-refractivity contribution in [3.8, 4) is 5.75 Å². The van der Waals surface area contributed by atoms with Crippen LogP contribution >= 0.6 is 0 Å². The zero-order valence-corrected chi connectivity index (χ0v) is 13.5. The van der Waals surface area contributed by atoms with Crippen LogP contribution in [0.1, 0.15) is 34.0 Å². The summed E-state index contributed by atoms with van der Waals surface area (Å²) >= 11 is 0. The second-order valence-corrected chi connectivity index (χ2v) is 5.81. The molecule has 23 heavy (non-hydrogen) atoms. The number of carbonyl (C=O) groups excluding carboxylic acids is 1. The molecule has 0 aliphatic carbocycles. The summed E-state index contributed by atoms with van der Waals surface area (Å²) in [5.41, 5.74) is 2.77. The van der Waals surface area contributed by atoms with Gasteiger partial charge >= 0.3 is 0 Å². The van der Waals surface area contributed by atoms with E-state index in [2.05, 4.69) is 26.5 Å². The van der Waals surface area contributed by atoms with E-state index in [1.54, 1.807) is 20.4 Å². The lowest BCUT2D eigenvalue weighted by Crippen LogP contribution is -2.22. The molecular weight excluding hydrogens is 292 g/mol. The van der Waals surface area contributed by atoms with Crippen molar-refractivity contribution in [3.05, 3.63) is 47.3 Å². The van der Waals surface area contributed by atoms with Gasteiger partial charge in [0.25, 0.3) is 5.91 Å². The highest BCUT2D eigenvalue weighted by Gasteiger charge is 2.28. The fourth-order valence-corrected chi connectivity index (χ4v) is 3.21. The summed E-state index contributed by atoms with van der Waals surface area (Å²) in [7, 11) is 3.34. The second kappa shape index (κ2) is 6.83. The molecule has 1 atom stereocenters. The Kier molecular flexibility index (Phi) is 4.62. The van der Waals surface area contributed by atoms with Crippen molar-refractivity contribution >= 4 is 5.91 Å². The Morgan fingerprint density at radius 2 is 2.30 bits per heavy atom. The number of methoxy groups -OCH3 is 1. The van der Waals surface area contributed by atoms with Crippen molar-refractivity contribution in [1.29, 1.82) is 0 Å². The molecule has 122 valence electrons. The van der Waals surface area contributed by atoms with E-state index in [1.165, 1.54) is 5.56 Å². The monoisotopic (exact) mass is 314 g/mol. The van der Waals surface area contributed by atoms with Gasteiger partial charge in [0, 0.05) is 31.6 Å². The highest BCUT2D eigenvalue weighted by Crippen LogP contribution is 2.30. The molecule has 0 saturated carbocycles. The number of ether oxygens (including phenoxy) is 1. The molecule has 3 rings (SSSR count). The third kappa shape index (κ3) is 3.22. The van der Waals surface area contributed by atoms with Crippen LogP contribution in [0.25, 0.3) is 0 Å². The van der Waals surface area contributed by atoms with Crippen molar-refractivity contribution in [1.82, 2.24) is 20.4 Å². The van der Waals surface area contributed by atoms with Crippen molar-refractivity contribution in [2.75, 3.05) is 27.2 Å². The fourth-order valence-electron chi connectivity index (χ4n) is 3.21. The average Bonchev–Trinajstić information content (AvgIpc) is 3.23. The molecule has 1 aromatic heterocycles. The standard InChI is InChI=1S/C17H22N4O2/c1-18-17(22)14-9-19-20-16(14)13-7-8-21(11-13)10-12-5-3-4-6-15(12)23-2/h3-6,9,13H,7-8,10-11H2,1-2H3,(H,18,22)(H,19,20)/t13-/m0/s1. The summed E-state index contributed by atoms with van der Waals surface area (Å²) in [6.07, 6.45) is 2.62. The Hall–Kier alpha value is -2.34. The smallest absolute Gasteiger partial charge is 0.254 e. The molecule has 1 fully saturated rings. The van der Waals surface area contributed by atoms with Gasteiger partial charge in [-0.05, 0) is 19.0 Å². The van der Waals surface area contributed by atoms with E-state index in [9.17, 15) is 4.79 Å². The van der Waals surface area contributed by atoms with Crippen LogP contribution in [0.2, 0.25) is 0 Å². The Bertz CT molecular complexity index is 683. The number of rotatable bonds is 5. The molecule has 2 heterocycles. The molecule has 1 saturated heterocycles. The van der Waals surface area contributed by atoms with Gasteiger partial charge in [0.1, 0.15) is 5.75 Å². The molecule has 2 aromatic rings. The number of benzene rings is 1. The van der Waals surface area contributed by atoms with Crippen LogP contribution in [0.15, 0.2) is 30.5 Å². The molecule has 6 heteroatoms. The third-order valence-electron chi connectivity index (χ3n) is 4.41. The van der Waals surface area contributed by atoms with Crippen molar-refractivity contribution in [2.45, 2.75) is 18.9 Å². The van der Waals surface area contributed by atoms with Gasteiger partial charge in [0.2, 0.25) is 0 Å². The van der Waals surface area contributed by atoms with E-state index < -0.39 is 0 Å². The number of hydrogen-bond donors (Lipinski definition) is 2. The molecule has 1 aliphatic heterocycles. The highest BCUT2D eigenvalue weighted by molar-refractivity contribution is 5.95. The highest BCUT2D eigenvalue weighted by atomic mass is 16.5. The van der Waals surface area contributed by atoms with Crippen LogP contribution in [0.5, 0.6) is 5.75 Å². The minimum atomic E-state index is -0.0862. The summed E-state index contributed by atoms with van der Waals surface area (Å²) < 4.78 is 5.42. The first-order valence-corrected chi connectivity index (χ1v) is 7.82. The SMILES string of the molecule is CNC(=O)c1cn[nH]c1[C@H]1CCN(Cc2ccccc2OC)C1. The summed E-state index contributed by atoms with van der Waals surface area (Å²) in [6, 6.07) is 8.10. The number of carbonyl (C=O) groups is 1. The van der Waals surface area contributed by atoms with E-state index in [0.717, 1.165) is 37.5 Å². The Labute approximate surface area is 135 Å². The lowest BCUT2D eigenvalue weighted by Gasteiger charge is -2.18. The van der Waals surface area contributed by atoms with Gasteiger partial charge in [0.15, 0.2) is 0 Å². The largest absolute Gasteiger partial charge is 0.496 e. The van der Waals surface area contributed by atoms with E-state index in [-0.39, 0.29) is 5.91 Å². The minimum Gasteiger partial charge on any atom is -0.496 e. The van der Waals surface area contributed by atoms with Gasteiger partial charge in [-0.25, -0.2) is 0 Å². The molecule has 2 N–H and O–H groups in total. The Morgan fingerprint density at radius 1 is 1.48 bits per heavy atom. The Balaban J connectivity index is 1.69. The molecule has 6 nitrogen and oxygen atoms in total. The predicted molar refractivity (Wildman–Crippen MR) is 87.6 cm³/mol. The first-order chi connectivity index (χ1) is 11.2. The number of aromatic nitrogens is 2. The summed E-state index contributed by atoms with van der Waals surface area (Å²) in [6.45, 7) is 2.75. The number of likely N-dealkylation sites (tertiary alicyclic amines) is 1. The number of amides is 1. The normalized spacial score (nSPS) is 18.1. The third-order valence-corrected chi connectivity index (χ3v) is 4.41. The first kappa shape index (κ1) is 15.6. The van der Waals surface area contributed by atoms with Crippen LogP contribution in [0.4, 0.5) is 0 Å². The molecule has 1 aliphatic rings. The molecule has 0 radical (unpaired) electrons. The topological polar surface area (TPSA) is 70.2 Å². The van der Waals surface area contributed by atoms with Crippen LogP contribution in [-0.2, 0) is 6.54 Å². The molecular formula is C17H22N4O2. The van der Waals surface area contributed by atoms with Gasteiger partial charge < -0.3 is 10.1 Å². The summed E-state index contributed by atoms with van der Waals surface area (Å²) in [5, 5.41) is 9.72. The van der Waals surface area contributed by atoms with Gasteiger partial charge in [-0.2, -0.15) is 5.10 Å². The molecule has 0 spiro atoms. The average molecular weight is 314 g/mol. The molecule has 1 aromatic carbocycles. The van der Waals surface area contributed by atoms with Crippen LogP contribution in [0.3, 0.4) is 0 Å². The zero-order chi connectivity index (χ0) is 16.2. The second-order valence-electron chi connectivity index (χ2n) is 5.81. The molecule has 0 unspecified atom stereocenters. The molecule has 1 amide bonds. The number of nitrogens with zero attached hydrogens (tertiary/aromatic N) is 2. The number of hydrogen-bond acceptors (Lipinski definition) is 4. The van der Waals surface area contributed by atoms with E-state index in [0.29, 0.717) is 11.5 Å². The van der Waals surface area contributed by atoms with Crippen molar-refractivity contribution in [2.24, 2.45) is 0 Å². The minimum absolute atomic E-state index is 0.0862. The lowest BCUT2D eigenvalue weighted by molar-refractivity contribution is 0.0961. The predicted octanol–water partition coefficient (Wildman–Crippen LogP) is 1.77. The zero-order valence-electron chi connectivity index (χ0n) is 13.5. The molecule has 0 bridgehead atoms. The first-order valence-electron chi connectivity index (χ1n) is 7.82. The quantitative estimate of drug-likeness (QED) is 0.882. The maximum atomic E-state index is 11.9. The number of para-hydroxylation sites is 1. The number of aromatic amines is 1. The van der Waals surface area contributed by atoms with Crippen LogP contribution in [-0.4, -0.2) is 48.3 Å². The van der Waals surface area contributed by atoms with Crippen LogP contribution < -0.4 is 10.1 Å². The van der Waals surface area contributed by atoms with Gasteiger partial charge in [-0.3, -0.25) is 14.8 Å². The van der Waals surface area contributed by atoms with E-state index in [4.69, 9.17) is 4.74 Å². The van der Waals surface area contributed by atoms with E-state index in [1.807, 2.05) is 18.2 Å². The van der Waals surface area contributed by atoms with E-state index >= 15 is 0 Å². The maximum absolute atomic E-state index is 11.9. The Morgan fingerprint density at radius 3 is 3.09 bits per heavy atom. The number of nitrogens with one attached hydrogen (secondary N) is 2. The fraction of sp³-hybridized carbons (Fsp3) is 0.412. The van der Waals surface area contributed by atoms with Gasteiger partial charge in [-0.15, -0.1) is 0 Å². The van der Waals surface area contributed by atoms with Gasteiger partial charge in [0.05, 0.1) is 24.6 Å². The summed E-state index contributed by atoms with van der Waals surface area (Å²) in [4.78, 5) is 14.3. The lowest BCUT2D eigenvalue weighted by atomic mass is 10.0. The van der Waals surface area contributed by atoms with Gasteiger partial charge in [-0.1, -0.05) is 18.2 Å². The van der Waals surface area contributed by atoms with Crippen LogP contribution in [0, 0.1) is 0 Å². The number of H-pyrrole nitrogens is 1.